The minimum Gasteiger partial charge on any atom is -0.496 e. The molecule has 0 radical (unpaired) electrons. The number of methoxy groups -OCH3 is 1. The van der Waals surface area contributed by atoms with Crippen molar-refractivity contribution in [2.24, 2.45) is 5.73 Å². The molecule has 5 heteroatoms. The van der Waals surface area contributed by atoms with Crippen LogP contribution in [0.25, 0.3) is 0 Å². The number of amides is 1. The van der Waals surface area contributed by atoms with E-state index in [2.05, 4.69) is 0 Å². The summed E-state index contributed by atoms with van der Waals surface area (Å²) in [5.41, 5.74) is 6.48. The lowest BCUT2D eigenvalue weighted by molar-refractivity contribution is 0.0637. The number of hydrogen-bond donors (Lipinski definition) is 1. The molecule has 0 heterocycles. The number of nitrogens with zero attached hydrogens (tertiary/aromatic N) is 1. The van der Waals surface area contributed by atoms with E-state index < -0.39 is 0 Å². The summed E-state index contributed by atoms with van der Waals surface area (Å²) in [6, 6.07) is 5.68. The van der Waals surface area contributed by atoms with Gasteiger partial charge in [0.15, 0.2) is 0 Å². The van der Waals surface area contributed by atoms with Crippen molar-refractivity contribution in [2.75, 3.05) is 13.7 Å². The first-order valence-corrected chi connectivity index (χ1v) is 7.84. The van der Waals surface area contributed by atoms with Crippen molar-refractivity contribution in [1.29, 1.82) is 0 Å². The zero-order chi connectivity index (χ0) is 15.4. The van der Waals surface area contributed by atoms with E-state index in [-0.39, 0.29) is 18.0 Å². The van der Waals surface area contributed by atoms with Crippen molar-refractivity contribution in [3.63, 3.8) is 0 Å². The Morgan fingerprint density at radius 1 is 1.38 bits per heavy atom. The standard InChI is InChI=1S/C16H23ClN2O2/c1-3-19(13-7-5-12(18)6-8-13)16(20)14-10-11(17)4-9-15(14)21-2/h4,9-10,12-13H,3,5-8,18H2,1-2H3. The molecule has 0 unspecified atom stereocenters. The van der Waals surface area contributed by atoms with Crippen LogP contribution in [0.1, 0.15) is 43.0 Å². The average molecular weight is 311 g/mol. The lowest BCUT2D eigenvalue weighted by Crippen LogP contribution is -2.44. The van der Waals surface area contributed by atoms with Gasteiger partial charge in [-0.3, -0.25) is 4.79 Å². The lowest BCUT2D eigenvalue weighted by Gasteiger charge is -2.35. The second-order valence-corrected chi connectivity index (χ2v) is 5.94. The Morgan fingerprint density at radius 3 is 2.62 bits per heavy atom. The summed E-state index contributed by atoms with van der Waals surface area (Å²) >= 11 is 6.03. The van der Waals surface area contributed by atoms with E-state index in [0.717, 1.165) is 25.7 Å². The van der Waals surface area contributed by atoms with Crippen LogP contribution in [0, 0.1) is 0 Å². The molecule has 1 aromatic rings. The van der Waals surface area contributed by atoms with Gasteiger partial charge >= 0.3 is 0 Å². The minimum atomic E-state index is -0.0164. The molecule has 1 aliphatic rings. The van der Waals surface area contributed by atoms with Crippen molar-refractivity contribution in [1.82, 2.24) is 4.90 Å². The molecule has 1 aliphatic carbocycles. The van der Waals surface area contributed by atoms with E-state index in [1.54, 1.807) is 25.3 Å². The Morgan fingerprint density at radius 2 is 2.05 bits per heavy atom. The van der Waals surface area contributed by atoms with Crippen LogP contribution in [0.4, 0.5) is 0 Å². The van der Waals surface area contributed by atoms with E-state index in [4.69, 9.17) is 22.1 Å². The topological polar surface area (TPSA) is 55.6 Å². The second-order valence-electron chi connectivity index (χ2n) is 5.50. The molecule has 4 nitrogen and oxygen atoms in total. The Hall–Kier alpha value is -1.26. The van der Waals surface area contributed by atoms with Gasteiger partial charge in [0.05, 0.1) is 12.7 Å². The van der Waals surface area contributed by atoms with Crippen LogP contribution < -0.4 is 10.5 Å². The molecule has 1 amide bonds. The third-order valence-corrected chi connectivity index (χ3v) is 4.41. The summed E-state index contributed by atoms with van der Waals surface area (Å²) in [6.07, 6.45) is 3.87. The van der Waals surface area contributed by atoms with Gasteiger partial charge in [-0.05, 0) is 50.8 Å². The molecule has 0 spiro atoms. The quantitative estimate of drug-likeness (QED) is 0.930. The first-order chi connectivity index (χ1) is 10.1. The number of nitrogens with two attached hydrogens (primary N) is 1. The van der Waals surface area contributed by atoms with E-state index >= 15 is 0 Å². The smallest absolute Gasteiger partial charge is 0.257 e. The normalized spacial score (nSPS) is 21.9. The molecule has 1 aromatic carbocycles. The zero-order valence-corrected chi connectivity index (χ0v) is 13.4. The summed E-state index contributed by atoms with van der Waals surface area (Å²) < 4.78 is 5.29. The Kier molecular flexibility index (Phi) is 5.48. The fraction of sp³-hybridized carbons (Fsp3) is 0.562. The summed E-state index contributed by atoms with van der Waals surface area (Å²) in [5, 5.41) is 0.542. The summed E-state index contributed by atoms with van der Waals surface area (Å²) in [6.45, 7) is 2.68. The average Bonchev–Trinajstić information content (AvgIpc) is 2.49. The van der Waals surface area contributed by atoms with Crippen LogP contribution in [0.3, 0.4) is 0 Å². The van der Waals surface area contributed by atoms with E-state index in [9.17, 15) is 4.79 Å². The van der Waals surface area contributed by atoms with Gasteiger partial charge in [0.1, 0.15) is 5.75 Å². The van der Waals surface area contributed by atoms with Crippen molar-refractivity contribution in [3.8, 4) is 5.75 Å². The molecular weight excluding hydrogens is 288 g/mol. The monoisotopic (exact) mass is 310 g/mol. The number of carbonyl (C=O) groups is 1. The third-order valence-electron chi connectivity index (χ3n) is 4.18. The molecule has 0 aromatic heterocycles. The molecule has 0 saturated heterocycles. The van der Waals surface area contributed by atoms with E-state index in [0.29, 0.717) is 22.9 Å². The molecule has 21 heavy (non-hydrogen) atoms. The van der Waals surface area contributed by atoms with Crippen LogP contribution in [0.5, 0.6) is 5.75 Å². The van der Waals surface area contributed by atoms with Crippen LogP contribution in [-0.4, -0.2) is 36.5 Å². The number of hydrogen-bond acceptors (Lipinski definition) is 3. The van der Waals surface area contributed by atoms with Gasteiger partial charge in [-0.15, -0.1) is 0 Å². The maximum Gasteiger partial charge on any atom is 0.257 e. The van der Waals surface area contributed by atoms with Crippen LogP contribution in [0.15, 0.2) is 18.2 Å². The third kappa shape index (κ3) is 3.69. The lowest BCUT2D eigenvalue weighted by atomic mass is 9.90. The molecule has 2 N–H and O–H groups in total. The van der Waals surface area contributed by atoms with Crippen molar-refractivity contribution in [2.45, 2.75) is 44.7 Å². The molecule has 1 saturated carbocycles. The highest BCUT2D eigenvalue weighted by atomic mass is 35.5. The molecule has 1 fully saturated rings. The molecule has 0 atom stereocenters. The maximum absolute atomic E-state index is 12.8. The molecule has 0 bridgehead atoms. The molecule has 116 valence electrons. The second kappa shape index (κ2) is 7.14. The van der Waals surface area contributed by atoms with Gasteiger partial charge in [-0.1, -0.05) is 11.6 Å². The van der Waals surface area contributed by atoms with Gasteiger partial charge in [-0.25, -0.2) is 0 Å². The van der Waals surface area contributed by atoms with Crippen molar-refractivity contribution < 1.29 is 9.53 Å². The number of ether oxygens (including phenoxy) is 1. The van der Waals surface area contributed by atoms with Gasteiger partial charge in [0, 0.05) is 23.7 Å². The molecular formula is C16H23ClN2O2. The first-order valence-electron chi connectivity index (χ1n) is 7.46. The predicted molar refractivity (Wildman–Crippen MR) is 84.9 cm³/mol. The number of halogens is 1. The first kappa shape index (κ1) is 16.1. The largest absolute Gasteiger partial charge is 0.496 e. The number of carbonyl (C=O) groups excluding carboxylic acids is 1. The Balaban J connectivity index is 2.22. The highest BCUT2D eigenvalue weighted by molar-refractivity contribution is 6.31. The van der Waals surface area contributed by atoms with Gasteiger partial charge in [0.2, 0.25) is 0 Å². The fourth-order valence-corrected chi connectivity index (χ4v) is 3.16. The van der Waals surface area contributed by atoms with E-state index in [1.807, 2.05) is 11.8 Å². The Labute approximate surface area is 131 Å². The summed E-state index contributed by atoms with van der Waals surface area (Å²) in [4.78, 5) is 14.8. The zero-order valence-electron chi connectivity index (χ0n) is 12.6. The van der Waals surface area contributed by atoms with Crippen molar-refractivity contribution >= 4 is 17.5 Å². The SMILES string of the molecule is CCN(C(=O)c1cc(Cl)ccc1OC)C1CCC(N)CC1. The molecule has 0 aliphatic heterocycles. The highest BCUT2D eigenvalue weighted by Crippen LogP contribution is 2.28. The highest BCUT2D eigenvalue weighted by Gasteiger charge is 2.28. The maximum atomic E-state index is 12.8. The van der Waals surface area contributed by atoms with Crippen LogP contribution >= 0.6 is 11.6 Å². The summed E-state index contributed by atoms with van der Waals surface area (Å²) in [7, 11) is 1.57. The number of benzene rings is 1. The van der Waals surface area contributed by atoms with Crippen LogP contribution in [-0.2, 0) is 0 Å². The fourth-order valence-electron chi connectivity index (χ4n) is 2.98. The van der Waals surface area contributed by atoms with Gasteiger partial charge in [0.25, 0.3) is 5.91 Å². The van der Waals surface area contributed by atoms with Crippen molar-refractivity contribution in [3.05, 3.63) is 28.8 Å². The number of rotatable bonds is 4. The van der Waals surface area contributed by atoms with Gasteiger partial charge in [-0.2, -0.15) is 0 Å². The Bertz CT molecular complexity index is 499. The minimum absolute atomic E-state index is 0.0164. The summed E-state index contributed by atoms with van der Waals surface area (Å²) in [5.74, 6) is 0.549. The van der Waals surface area contributed by atoms with E-state index in [1.165, 1.54) is 0 Å². The van der Waals surface area contributed by atoms with Crippen LogP contribution in [0.2, 0.25) is 5.02 Å². The molecule has 2 rings (SSSR count). The predicted octanol–water partition coefficient (Wildman–Crippen LogP) is 3.08. The van der Waals surface area contributed by atoms with Gasteiger partial charge < -0.3 is 15.4 Å².